The Labute approximate surface area is 119 Å². The fourth-order valence-electron chi connectivity index (χ4n) is 1.16. The smallest absolute Gasteiger partial charge is 0.373 e. The van der Waals surface area contributed by atoms with Gasteiger partial charge in [0.25, 0.3) is 0 Å². The highest BCUT2D eigenvalue weighted by Gasteiger charge is 2.23. The second kappa shape index (κ2) is 9.88. The molecule has 21 heavy (non-hydrogen) atoms. The Morgan fingerprint density at radius 3 is 2.14 bits per heavy atom. The quantitative estimate of drug-likeness (QED) is 0.768. The molecule has 0 aliphatic rings. The van der Waals surface area contributed by atoms with E-state index in [4.69, 9.17) is 19.4 Å². The molecule has 0 saturated carbocycles. The summed E-state index contributed by atoms with van der Waals surface area (Å²) in [6.45, 7) is 0.553. The third kappa shape index (κ3) is 7.91. The van der Waals surface area contributed by atoms with Gasteiger partial charge in [-0.3, -0.25) is 4.79 Å². The zero-order chi connectivity index (χ0) is 16.3. The molecule has 0 bridgehead atoms. The number of rotatable bonds is 5. The summed E-state index contributed by atoms with van der Waals surface area (Å²) in [5.74, 6) is -2.79. The number of carbonyl (C=O) groups excluding carboxylic acids is 4. The number of esters is 2. The van der Waals surface area contributed by atoms with E-state index in [0.717, 1.165) is 6.92 Å². The van der Waals surface area contributed by atoms with Crippen LogP contribution in [0.3, 0.4) is 0 Å². The fourth-order valence-corrected chi connectivity index (χ4v) is 1.16. The monoisotopic (exact) mass is 296 g/mol. The van der Waals surface area contributed by atoms with Crippen LogP contribution in [0, 0.1) is 0 Å². The highest BCUT2D eigenvalue weighted by molar-refractivity contribution is 5.89. The van der Waals surface area contributed by atoms with Crippen molar-refractivity contribution in [2.24, 2.45) is 0 Å². The lowest BCUT2D eigenvalue weighted by molar-refractivity contribution is -0.191. The molecule has 0 spiro atoms. The first-order chi connectivity index (χ1) is 9.92. The van der Waals surface area contributed by atoms with Gasteiger partial charge in [-0.2, -0.15) is 9.59 Å². The average molecular weight is 296 g/mol. The summed E-state index contributed by atoms with van der Waals surface area (Å²) in [5, 5.41) is 8.74. The summed E-state index contributed by atoms with van der Waals surface area (Å²) in [5.41, 5.74) is 0.296. The summed E-state index contributed by atoms with van der Waals surface area (Å²) in [7, 11) is 0. The van der Waals surface area contributed by atoms with Crippen LogP contribution in [0.1, 0.15) is 17.3 Å². The molecule has 0 heterocycles. The summed E-state index contributed by atoms with van der Waals surface area (Å²) < 4.78 is 9.24. The standard InChI is InChI=1S/C12H12O6.CO2/c1-8(13)18-10(11(14)15)7-17-12(16)9-5-3-2-4-6-9;2-1-3/h2-6,10H,7H2,1H3,(H,14,15);/t10-;/m0./s1. The van der Waals surface area contributed by atoms with E-state index in [1.165, 1.54) is 12.1 Å². The van der Waals surface area contributed by atoms with Crippen molar-refractivity contribution in [3.63, 3.8) is 0 Å². The van der Waals surface area contributed by atoms with Gasteiger partial charge in [0.05, 0.1) is 5.56 Å². The molecular weight excluding hydrogens is 284 g/mol. The van der Waals surface area contributed by atoms with Gasteiger partial charge in [-0.15, -0.1) is 0 Å². The average Bonchev–Trinajstić information content (AvgIpc) is 2.44. The topological polar surface area (TPSA) is 124 Å². The van der Waals surface area contributed by atoms with Crippen LogP contribution in [0.2, 0.25) is 0 Å². The molecule has 1 N–H and O–H groups in total. The van der Waals surface area contributed by atoms with Crippen molar-refractivity contribution in [1.29, 1.82) is 0 Å². The molecule has 8 heteroatoms. The lowest BCUT2D eigenvalue weighted by Gasteiger charge is -2.12. The van der Waals surface area contributed by atoms with Gasteiger partial charge in [-0.05, 0) is 12.1 Å². The lowest BCUT2D eigenvalue weighted by atomic mass is 10.2. The summed E-state index contributed by atoms with van der Waals surface area (Å²) >= 11 is 0. The summed E-state index contributed by atoms with van der Waals surface area (Å²) in [4.78, 5) is 49.1. The highest BCUT2D eigenvalue weighted by Crippen LogP contribution is 2.03. The molecule has 0 radical (unpaired) electrons. The minimum absolute atomic E-state index is 0.250. The van der Waals surface area contributed by atoms with E-state index >= 15 is 0 Å². The van der Waals surface area contributed by atoms with Gasteiger partial charge in [-0.25, -0.2) is 9.59 Å². The molecule has 1 aromatic rings. The van der Waals surface area contributed by atoms with E-state index in [1.807, 2.05) is 0 Å². The first-order valence-electron chi connectivity index (χ1n) is 5.53. The maximum absolute atomic E-state index is 11.5. The number of aliphatic carboxylic acids is 1. The van der Waals surface area contributed by atoms with E-state index in [-0.39, 0.29) is 6.15 Å². The first kappa shape index (κ1) is 18.0. The summed E-state index contributed by atoms with van der Waals surface area (Å²) in [6.07, 6.45) is -1.24. The fraction of sp³-hybridized carbons (Fsp3) is 0.231. The van der Waals surface area contributed by atoms with Crippen LogP contribution in [0.4, 0.5) is 0 Å². The van der Waals surface area contributed by atoms with E-state index in [2.05, 4.69) is 4.74 Å². The van der Waals surface area contributed by atoms with Crippen molar-refractivity contribution in [2.75, 3.05) is 6.61 Å². The Kier molecular flexibility index (Phi) is 8.47. The normalized spacial score (nSPS) is 10.1. The van der Waals surface area contributed by atoms with Crippen LogP contribution in [0.25, 0.3) is 0 Å². The molecular formula is C13H12O8. The van der Waals surface area contributed by atoms with Crippen molar-refractivity contribution in [3.8, 4) is 0 Å². The largest absolute Gasteiger partial charge is 0.478 e. The maximum atomic E-state index is 11.5. The van der Waals surface area contributed by atoms with Gasteiger partial charge < -0.3 is 14.6 Å². The van der Waals surface area contributed by atoms with E-state index in [0.29, 0.717) is 5.56 Å². The molecule has 0 saturated heterocycles. The lowest BCUT2D eigenvalue weighted by Crippen LogP contribution is -2.32. The number of carbonyl (C=O) groups is 3. The van der Waals surface area contributed by atoms with Gasteiger partial charge in [-0.1, -0.05) is 18.2 Å². The van der Waals surface area contributed by atoms with Crippen LogP contribution in [0.15, 0.2) is 30.3 Å². The molecule has 0 aliphatic carbocycles. The Morgan fingerprint density at radius 1 is 1.19 bits per heavy atom. The number of carboxylic acids is 1. The molecule has 1 aromatic carbocycles. The minimum atomic E-state index is -1.49. The molecule has 0 fully saturated rings. The summed E-state index contributed by atoms with van der Waals surface area (Å²) in [6, 6.07) is 8.10. The van der Waals surface area contributed by atoms with Gasteiger partial charge >= 0.3 is 24.1 Å². The van der Waals surface area contributed by atoms with Crippen molar-refractivity contribution < 1.29 is 38.6 Å². The molecule has 0 unspecified atom stereocenters. The number of benzene rings is 1. The highest BCUT2D eigenvalue weighted by atomic mass is 16.6. The number of hydrogen-bond acceptors (Lipinski definition) is 7. The maximum Gasteiger partial charge on any atom is 0.373 e. The predicted molar refractivity (Wildman–Crippen MR) is 64.9 cm³/mol. The number of hydrogen-bond donors (Lipinski definition) is 1. The second-order valence-corrected chi connectivity index (χ2v) is 3.48. The molecule has 0 amide bonds. The minimum Gasteiger partial charge on any atom is -0.478 e. The van der Waals surface area contributed by atoms with Crippen LogP contribution < -0.4 is 0 Å². The van der Waals surface area contributed by atoms with Crippen molar-refractivity contribution in [2.45, 2.75) is 13.0 Å². The molecule has 0 aromatic heterocycles. The van der Waals surface area contributed by atoms with E-state index in [9.17, 15) is 14.4 Å². The number of carboxylic acid groups (broad SMARTS) is 1. The van der Waals surface area contributed by atoms with Gasteiger partial charge in [0.1, 0.15) is 6.61 Å². The zero-order valence-corrected chi connectivity index (χ0v) is 11.0. The van der Waals surface area contributed by atoms with Crippen LogP contribution in [0.5, 0.6) is 0 Å². The van der Waals surface area contributed by atoms with E-state index < -0.39 is 30.6 Å². The molecule has 1 atom stereocenters. The molecule has 1 rings (SSSR count). The third-order valence-corrected chi connectivity index (χ3v) is 1.96. The molecule has 112 valence electrons. The zero-order valence-electron chi connectivity index (χ0n) is 11.0. The molecule has 8 nitrogen and oxygen atoms in total. The van der Waals surface area contributed by atoms with Crippen molar-refractivity contribution in [1.82, 2.24) is 0 Å². The second-order valence-electron chi connectivity index (χ2n) is 3.48. The predicted octanol–water partition coefficient (Wildman–Crippen LogP) is 0.276. The first-order valence-corrected chi connectivity index (χ1v) is 5.53. The van der Waals surface area contributed by atoms with Gasteiger partial charge in [0.15, 0.2) is 0 Å². The Hall–Kier alpha value is -2.99. The SMILES string of the molecule is CC(=O)O[C@@H](COC(=O)c1ccccc1)C(=O)O.O=C=O. The van der Waals surface area contributed by atoms with E-state index in [1.54, 1.807) is 18.2 Å². The van der Waals surface area contributed by atoms with Crippen LogP contribution >= 0.6 is 0 Å². The Balaban J connectivity index is 0.00000122. The van der Waals surface area contributed by atoms with Gasteiger partial charge in [0.2, 0.25) is 6.10 Å². The number of ether oxygens (including phenoxy) is 2. The van der Waals surface area contributed by atoms with Crippen molar-refractivity contribution >= 4 is 24.1 Å². The Morgan fingerprint density at radius 2 is 1.71 bits per heavy atom. The van der Waals surface area contributed by atoms with Crippen molar-refractivity contribution in [3.05, 3.63) is 35.9 Å². The van der Waals surface area contributed by atoms with Crippen LogP contribution in [-0.2, 0) is 28.7 Å². The molecule has 0 aliphatic heterocycles. The van der Waals surface area contributed by atoms with Crippen LogP contribution in [-0.4, -0.2) is 41.9 Å². The van der Waals surface area contributed by atoms with Gasteiger partial charge in [0, 0.05) is 6.92 Å². The third-order valence-electron chi connectivity index (χ3n) is 1.96. The Bertz CT molecular complexity index is 516.